The monoisotopic (exact) mass is 331 g/mol. The van der Waals surface area contributed by atoms with Crippen LogP contribution in [-0.4, -0.2) is 6.09 Å². The number of amides is 1. The van der Waals surface area contributed by atoms with Crippen LogP contribution in [0.15, 0.2) is 85.5 Å². The topological polar surface area (TPSA) is 38.3 Å². The van der Waals surface area contributed by atoms with E-state index in [1.54, 1.807) is 0 Å². The predicted octanol–water partition coefficient (Wildman–Crippen LogP) is 5.38. The molecule has 3 nitrogen and oxygen atoms in total. The van der Waals surface area contributed by atoms with Crippen molar-refractivity contribution in [1.82, 2.24) is 5.32 Å². The molecule has 0 aliphatic rings. The van der Waals surface area contributed by atoms with Crippen molar-refractivity contribution >= 4 is 16.9 Å². The standard InChI is InChI=1S/C22H21NO2/c1-2-9-21(20-15-8-13-18-12-6-7-14-19(18)20)23-22(24)25-16-17-10-4-3-5-11-17/h2-8,10-15,21H,1,9,16H2,(H,23,24). The Labute approximate surface area is 147 Å². The summed E-state index contributed by atoms with van der Waals surface area (Å²) < 4.78 is 5.35. The third-order valence-corrected chi connectivity index (χ3v) is 4.11. The van der Waals surface area contributed by atoms with Gasteiger partial charge in [0, 0.05) is 0 Å². The highest BCUT2D eigenvalue weighted by molar-refractivity contribution is 5.86. The Kier molecular flexibility index (Phi) is 5.47. The van der Waals surface area contributed by atoms with Gasteiger partial charge in [0.1, 0.15) is 6.61 Å². The van der Waals surface area contributed by atoms with Crippen LogP contribution in [0, 0.1) is 0 Å². The molecule has 0 radical (unpaired) electrons. The fraction of sp³-hybridized carbons (Fsp3) is 0.136. The quantitative estimate of drug-likeness (QED) is 0.616. The summed E-state index contributed by atoms with van der Waals surface area (Å²) in [6.07, 6.45) is 2.02. The lowest BCUT2D eigenvalue weighted by atomic mass is 9.97. The maximum atomic E-state index is 12.2. The van der Waals surface area contributed by atoms with E-state index in [4.69, 9.17) is 4.74 Å². The van der Waals surface area contributed by atoms with E-state index < -0.39 is 6.09 Å². The van der Waals surface area contributed by atoms with Gasteiger partial charge in [-0.15, -0.1) is 6.58 Å². The molecule has 0 aliphatic heterocycles. The van der Waals surface area contributed by atoms with Crippen LogP contribution in [-0.2, 0) is 11.3 Å². The number of carbonyl (C=O) groups excluding carboxylic acids is 1. The van der Waals surface area contributed by atoms with Crippen LogP contribution >= 0.6 is 0 Å². The molecule has 0 spiro atoms. The Morgan fingerprint density at radius 2 is 1.72 bits per heavy atom. The van der Waals surface area contributed by atoms with Crippen LogP contribution in [0.4, 0.5) is 4.79 Å². The number of hydrogen-bond donors (Lipinski definition) is 1. The van der Waals surface area contributed by atoms with Gasteiger partial charge >= 0.3 is 6.09 Å². The van der Waals surface area contributed by atoms with Crippen LogP contribution in [0.3, 0.4) is 0 Å². The van der Waals surface area contributed by atoms with Gasteiger partial charge in [0.2, 0.25) is 0 Å². The fourth-order valence-electron chi connectivity index (χ4n) is 2.89. The minimum atomic E-state index is -0.427. The van der Waals surface area contributed by atoms with Gasteiger partial charge in [0.15, 0.2) is 0 Å². The normalized spacial score (nSPS) is 11.7. The molecule has 0 aliphatic carbocycles. The number of alkyl carbamates (subject to hydrolysis) is 1. The molecule has 0 saturated heterocycles. The highest BCUT2D eigenvalue weighted by Gasteiger charge is 2.16. The number of nitrogens with one attached hydrogen (secondary N) is 1. The van der Waals surface area contributed by atoms with E-state index in [1.807, 2.05) is 60.7 Å². The minimum absolute atomic E-state index is 0.174. The maximum absolute atomic E-state index is 12.2. The van der Waals surface area contributed by atoms with Crippen molar-refractivity contribution in [3.8, 4) is 0 Å². The molecule has 3 aromatic carbocycles. The number of benzene rings is 3. The van der Waals surface area contributed by atoms with E-state index in [2.05, 4.69) is 30.1 Å². The van der Waals surface area contributed by atoms with Crippen molar-refractivity contribution in [2.24, 2.45) is 0 Å². The number of rotatable bonds is 6. The number of fused-ring (bicyclic) bond motifs is 1. The van der Waals surface area contributed by atoms with Gasteiger partial charge in [-0.2, -0.15) is 0 Å². The minimum Gasteiger partial charge on any atom is -0.445 e. The SMILES string of the molecule is C=CCC(NC(=O)OCc1ccccc1)c1cccc2ccccc12. The lowest BCUT2D eigenvalue weighted by molar-refractivity contribution is 0.135. The summed E-state index contributed by atoms with van der Waals surface area (Å²) in [6.45, 7) is 4.07. The Morgan fingerprint density at radius 1 is 1.00 bits per heavy atom. The van der Waals surface area contributed by atoms with Gasteiger partial charge in [0.05, 0.1) is 6.04 Å². The zero-order chi connectivity index (χ0) is 17.5. The molecule has 126 valence electrons. The molecule has 0 fully saturated rings. The molecule has 0 aromatic heterocycles. The molecule has 3 aromatic rings. The number of carbonyl (C=O) groups is 1. The summed E-state index contributed by atoms with van der Waals surface area (Å²) in [5.41, 5.74) is 2.03. The average Bonchev–Trinajstić information content (AvgIpc) is 2.66. The third kappa shape index (κ3) is 4.27. The van der Waals surface area contributed by atoms with Crippen molar-refractivity contribution in [1.29, 1.82) is 0 Å². The van der Waals surface area contributed by atoms with Crippen LogP contribution in [0.5, 0.6) is 0 Å². The molecule has 3 rings (SSSR count). The highest BCUT2D eigenvalue weighted by atomic mass is 16.5. The van der Waals surface area contributed by atoms with E-state index >= 15 is 0 Å². The molecule has 0 bridgehead atoms. The molecule has 1 unspecified atom stereocenters. The van der Waals surface area contributed by atoms with Crippen LogP contribution in [0.1, 0.15) is 23.6 Å². The highest BCUT2D eigenvalue weighted by Crippen LogP contribution is 2.26. The second-order valence-corrected chi connectivity index (χ2v) is 5.85. The second-order valence-electron chi connectivity index (χ2n) is 5.85. The molecule has 3 heteroatoms. The molecular formula is C22H21NO2. The summed E-state index contributed by atoms with van der Waals surface area (Å²) >= 11 is 0. The summed E-state index contributed by atoms with van der Waals surface area (Å²) in [6, 6.07) is 23.7. The zero-order valence-corrected chi connectivity index (χ0v) is 14.0. The van der Waals surface area contributed by atoms with Gasteiger partial charge in [-0.1, -0.05) is 78.9 Å². The third-order valence-electron chi connectivity index (χ3n) is 4.11. The lowest BCUT2D eigenvalue weighted by Crippen LogP contribution is -2.29. The smallest absolute Gasteiger partial charge is 0.407 e. The predicted molar refractivity (Wildman–Crippen MR) is 101 cm³/mol. The number of hydrogen-bond acceptors (Lipinski definition) is 2. The summed E-state index contributed by atoms with van der Waals surface area (Å²) in [5, 5.41) is 5.24. The fourth-order valence-corrected chi connectivity index (χ4v) is 2.89. The molecule has 0 heterocycles. The Morgan fingerprint density at radius 3 is 2.52 bits per heavy atom. The van der Waals surface area contributed by atoms with Gasteiger partial charge in [0.25, 0.3) is 0 Å². The largest absolute Gasteiger partial charge is 0.445 e. The van der Waals surface area contributed by atoms with E-state index in [9.17, 15) is 4.79 Å². The zero-order valence-electron chi connectivity index (χ0n) is 14.0. The van der Waals surface area contributed by atoms with Crippen molar-refractivity contribution in [3.05, 3.63) is 96.6 Å². The summed E-state index contributed by atoms with van der Waals surface area (Å²) in [4.78, 5) is 12.2. The molecule has 1 N–H and O–H groups in total. The Bertz CT molecular complexity index is 853. The van der Waals surface area contributed by atoms with Crippen LogP contribution in [0.2, 0.25) is 0 Å². The van der Waals surface area contributed by atoms with Gasteiger partial charge in [-0.25, -0.2) is 4.79 Å². The molecular weight excluding hydrogens is 310 g/mol. The van der Waals surface area contributed by atoms with Crippen molar-refractivity contribution in [2.75, 3.05) is 0 Å². The van der Waals surface area contributed by atoms with Gasteiger partial charge < -0.3 is 10.1 Å². The first kappa shape index (κ1) is 16.8. The summed E-state index contributed by atoms with van der Waals surface area (Å²) in [7, 11) is 0. The molecule has 1 atom stereocenters. The van der Waals surface area contributed by atoms with E-state index in [1.165, 1.54) is 0 Å². The first-order valence-corrected chi connectivity index (χ1v) is 8.33. The first-order valence-electron chi connectivity index (χ1n) is 8.33. The van der Waals surface area contributed by atoms with E-state index in [-0.39, 0.29) is 12.6 Å². The Balaban J connectivity index is 1.74. The van der Waals surface area contributed by atoms with Gasteiger partial charge in [-0.05, 0) is 28.3 Å². The van der Waals surface area contributed by atoms with Crippen molar-refractivity contribution in [3.63, 3.8) is 0 Å². The Hall–Kier alpha value is -3.07. The average molecular weight is 331 g/mol. The molecule has 1 amide bonds. The van der Waals surface area contributed by atoms with Gasteiger partial charge in [-0.3, -0.25) is 0 Å². The lowest BCUT2D eigenvalue weighted by Gasteiger charge is -2.19. The van der Waals surface area contributed by atoms with E-state index in [0.29, 0.717) is 6.42 Å². The second kappa shape index (κ2) is 8.15. The van der Waals surface area contributed by atoms with Crippen LogP contribution < -0.4 is 5.32 Å². The van der Waals surface area contributed by atoms with Crippen molar-refractivity contribution < 1.29 is 9.53 Å². The van der Waals surface area contributed by atoms with E-state index in [0.717, 1.165) is 21.9 Å². The van der Waals surface area contributed by atoms with Crippen molar-refractivity contribution in [2.45, 2.75) is 19.1 Å². The first-order chi connectivity index (χ1) is 12.3. The molecule has 0 saturated carbocycles. The number of ether oxygens (including phenoxy) is 1. The van der Waals surface area contributed by atoms with Crippen LogP contribution in [0.25, 0.3) is 10.8 Å². The summed E-state index contributed by atoms with van der Waals surface area (Å²) in [5.74, 6) is 0. The maximum Gasteiger partial charge on any atom is 0.407 e. The molecule has 25 heavy (non-hydrogen) atoms.